The van der Waals surface area contributed by atoms with Gasteiger partial charge < -0.3 is 5.10 Å². The summed E-state index contributed by atoms with van der Waals surface area (Å²) in [5, 5.41) is 4.98. The molecule has 0 aliphatic carbocycles. The van der Waals surface area contributed by atoms with Gasteiger partial charge in [0.1, 0.15) is 11.4 Å². The van der Waals surface area contributed by atoms with Crippen LogP contribution in [0.1, 0.15) is 35.0 Å². The van der Waals surface area contributed by atoms with Gasteiger partial charge in [0.15, 0.2) is 0 Å². The number of carbonyl (C=O) groups excluding carboxylic acids is 1. The molecule has 0 atom stereocenters. The molecule has 19 heavy (non-hydrogen) atoms. The van der Waals surface area contributed by atoms with Gasteiger partial charge in [0, 0.05) is 5.69 Å². The highest BCUT2D eigenvalue weighted by Crippen LogP contribution is 2.22. The third-order valence-corrected chi connectivity index (χ3v) is 3.09. The van der Waals surface area contributed by atoms with E-state index in [1.165, 1.54) is 12.1 Å². The van der Waals surface area contributed by atoms with E-state index < -0.39 is 17.2 Å². The molecular weight excluding hydrogens is 271 g/mol. The van der Waals surface area contributed by atoms with Gasteiger partial charge in [0.2, 0.25) is 5.78 Å². The molecule has 0 spiro atoms. The lowest BCUT2D eigenvalue weighted by Crippen LogP contribution is -2.16. The van der Waals surface area contributed by atoms with E-state index in [1.807, 2.05) is 6.92 Å². The zero-order chi connectivity index (χ0) is 14.0. The Morgan fingerprint density at radius 1 is 1.32 bits per heavy atom. The van der Waals surface area contributed by atoms with Crippen molar-refractivity contribution in [2.75, 3.05) is 0 Å². The first-order valence-corrected chi connectivity index (χ1v) is 6.22. The van der Waals surface area contributed by atoms with Crippen LogP contribution in [0, 0.1) is 5.82 Å². The lowest BCUT2D eigenvalue weighted by Gasteiger charge is -2.04. The van der Waals surface area contributed by atoms with Crippen LogP contribution in [-0.2, 0) is 6.42 Å². The average Bonchev–Trinajstić information content (AvgIpc) is 2.70. The number of aryl methyl sites for hydroxylation is 1. The Balaban J connectivity index is 2.56. The average molecular weight is 283 g/mol. The van der Waals surface area contributed by atoms with Crippen LogP contribution in [0.25, 0.3) is 0 Å². The second-order valence-electron chi connectivity index (χ2n) is 4.11. The summed E-state index contributed by atoms with van der Waals surface area (Å²) in [4.78, 5) is 24.0. The number of halogens is 2. The van der Waals surface area contributed by atoms with Crippen LogP contribution < -0.4 is 5.56 Å². The molecule has 0 saturated heterocycles. The van der Waals surface area contributed by atoms with Gasteiger partial charge in [0.05, 0.1) is 10.6 Å². The van der Waals surface area contributed by atoms with Gasteiger partial charge in [-0.15, -0.1) is 0 Å². The van der Waals surface area contributed by atoms with Crippen LogP contribution in [0.2, 0.25) is 5.02 Å². The molecule has 0 aliphatic rings. The zero-order valence-corrected chi connectivity index (χ0v) is 11.0. The fourth-order valence-corrected chi connectivity index (χ4v) is 2.16. The Morgan fingerprint density at radius 3 is 2.68 bits per heavy atom. The number of nitrogens with one attached hydrogen (secondary N) is 2. The summed E-state index contributed by atoms with van der Waals surface area (Å²) in [6, 6.07) is 3.96. The largest absolute Gasteiger partial charge is 0.302 e. The molecule has 2 N–H and O–H groups in total. The molecule has 2 aromatic rings. The molecule has 2 rings (SSSR count). The van der Waals surface area contributed by atoms with Crippen molar-refractivity contribution >= 4 is 17.4 Å². The second kappa shape index (κ2) is 5.40. The summed E-state index contributed by atoms with van der Waals surface area (Å²) in [7, 11) is 0. The monoisotopic (exact) mass is 282 g/mol. The van der Waals surface area contributed by atoms with Gasteiger partial charge in [-0.1, -0.05) is 31.0 Å². The maximum absolute atomic E-state index is 13.7. The maximum atomic E-state index is 13.7. The van der Waals surface area contributed by atoms with Crippen molar-refractivity contribution in [1.82, 2.24) is 10.2 Å². The standard InChI is InChI=1S/C13H12ClFN2O2/c1-2-4-9-11(13(19)17-16-9)12(18)10-7(14)5-3-6-8(10)15/h3,5-6H,2,4H2,1H3,(H2,16,17,19). The van der Waals surface area contributed by atoms with Crippen LogP contribution >= 0.6 is 11.6 Å². The molecule has 1 heterocycles. The lowest BCUT2D eigenvalue weighted by atomic mass is 10.0. The molecular formula is C13H12ClFN2O2. The lowest BCUT2D eigenvalue weighted by molar-refractivity contribution is 0.103. The topological polar surface area (TPSA) is 65.7 Å². The predicted molar refractivity (Wildman–Crippen MR) is 70.3 cm³/mol. The number of aromatic amines is 2. The minimum Gasteiger partial charge on any atom is -0.302 e. The number of rotatable bonds is 4. The molecule has 0 aliphatic heterocycles. The Labute approximate surface area is 113 Å². The SMILES string of the molecule is CCCc1[nH][nH]c(=O)c1C(=O)c1c(F)cccc1Cl. The fourth-order valence-electron chi connectivity index (χ4n) is 1.91. The quantitative estimate of drug-likeness (QED) is 0.847. The van der Waals surface area contributed by atoms with E-state index in [1.54, 1.807) is 0 Å². The van der Waals surface area contributed by atoms with E-state index in [0.717, 1.165) is 12.5 Å². The highest BCUT2D eigenvalue weighted by Gasteiger charge is 2.24. The molecule has 0 unspecified atom stereocenters. The molecule has 6 heteroatoms. The second-order valence-corrected chi connectivity index (χ2v) is 4.52. The summed E-state index contributed by atoms with van der Waals surface area (Å²) in [6.45, 7) is 1.91. The van der Waals surface area contributed by atoms with Crippen molar-refractivity contribution in [2.45, 2.75) is 19.8 Å². The molecule has 0 bridgehead atoms. The van der Waals surface area contributed by atoms with Gasteiger partial charge in [-0.3, -0.25) is 14.7 Å². The van der Waals surface area contributed by atoms with Crippen molar-refractivity contribution in [1.29, 1.82) is 0 Å². The van der Waals surface area contributed by atoms with Gasteiger partial charge in [0.25, 0.3) is 5.56 Å². The summed E-state index contributed by atoms with van der Waals surface area (Å²) in [6.07, 6.45) is 1.27. The number of hydrogen-bond donors (Lipinski definition) is 2. The Hall–Kier alpha value is -1.88. The summed E-state index contributed by atoms with van der Waals surface area (Å²) in [5.74, 6) is -1.44. The number of hydrogen-bond acceptors (Lipinski definition) is 2. The summed E-state index contributed by atoms with van der Waals surface area (Å²) >= 11 is 5.84. The van der Waals surface area contributed by atoms with Crippen molar-refractivity contribution in [3.8, 4) is 0 Å². The Kier molecular flexibility index (Phi) is 3.85. The van der Waals surface area contributed by atoms with Crippen LogP contribution in [0.4, 0.5) is 4.39 Å². The molecule has 1 aromatic carbocycles. The summed E-state index contributed by atoms with van der Waals surface area (Å²) < 4.78 is 13.7. The highest BCUT2D eigenvalue weighted by molar-refractivity contribution is 6.35. The van der Waals surface area contributed by atoms with Crippen molar-refractivity contribution in [2.24, 2.45) is 0 Å². The Morgan fingerprint density at radius 2 is 2.05 bits per heavy atom. The smallest absolute Gasteiger partial charge is 0.275 e. The maximum Gasteiger partial charge on any atom is 0.275 e. The van der Waals surface area contributed by atoms with Crippen LogP contribution in [0.15, 0.2) is 23.0 Å². The molecule has 0 saturated carbocycles. The van der Waals surface area contributed by atoms with Crippen molar-refractivity contribution in [3.63, 3.8) is 0 Å². The molecule has 100 valence electrons. The van der Waals surface area contributed by atoms with E-state index in [9.17, 15) is 14.0 Å². The van der Waals surface area contributed by atoms with E-state index >= 15 is 0 Å². The van der Waals surface area contributed by atoms with Gasteiger partial charge >= 0.3 is 0 Å². The first-order chi connectivity index (χ1) is 9.06. The predicted octanol–water partition coefficient (Wildman–Crippen LogP) is 2.68. The van der Waals surface area contributed by atoms with Crippen LogP contribution in [0.3, 0.4) is 0 Å². The number of aromatic nitrogens is 2. The number of benzene rings is 1. The van der Waals surface area contributed by atoms with Crippen LogP contribution in [0.5, 0.6) is 0 Å². The minimum atomic E-state index is -0.736. The first kappa shape index (κ1) is 13.5. The zero-order valence-electron chi connectivity index (χ0n) is 10.2. The first-order valence-electron chi connectivity index (χ1n) is 5.84. The molecule has 1 aromatic heterocycles. The third-order valence-electron chi connectivity index (χ3n) is 2.77. The number of H-pyrrole nitrogens is 2. The van der Waals surface area contributed by atoms with Gasteiger partial charge in [-0.05, 0) is 18.6 Å². The highest BCUT2D eigenvalue weighted by atomic mass is 35.5. The van der Waals surface area contributed by atoms with Gasteiger partial charge in [-0.25, -0.2) is 4.39 Å². The minimum absolute atomic E-state index is 0.00644. The normalized spacial score (nSPS) is 10.7. The van der Waals surface area contributed by atoms with E-state index in [4.69, 9.17) is 11.6 Å². The number of carbonyl (C=O) groups is 1. The summed E-state index contributed by atoms with van der Waals surface area (Å²) in [5.41, 5.74) is -0.440. The van der Waals surface area contributed by atoms with E-state index in [-0.39, 0.29) is 16.1 Å². The number of ketones is 1. The molecule has 0 amide bonds. The van der Waals surface area contributed by atoms with Gasteiger partial charge in [-0.2, -0.15) is 0 Å². The Bertz CT molecular complexity index is 655. The van der Waals surface area contributed by atoms with E-state index in [0.29, 0.717) is 12.1 Å². The molecule has 4 nitrogen and oxygen atoms in total. The van der Waals surface area contributed by atoms with Crippen molar-refractivity contribution < 1.29 is 9.18 Å². The third kappa shape index (κ3) is 2.46. The van der Waals surface area contributed by atoms with Crippen LogP contribution in [-0.4, -0.2) is 16.0 Å². The fraction of sp³-hybridized carbons (Fsp3) is 0.231. The molecule has 0 radical (unpaired) electrons. The van der Waals surface area contributed by atoms with E-state index in [2.05, 4.69) is 10.2 Å². The molecule has 0 fully saturated rings. The van der Waals surface area contributed by atoms with Crippen molar-refractivity contribution in [3.05, 3.63) is 56.2 Å².